The molecule has 1 aliphatic rings. The molecule has 0 radical (unpaired) electrons. The molecule has 0 saturated carbocycles. The van der Waals surface area contributed by atoms with E-state index in [0.717, 1.165) is 95.4 Å². The van der Waals surface area contributed by atoms with Crippen molar-refractivity contribution in [1.29, 1.82) is 0 Å². The Hall–Kier alpha value is -13.2. The molecule has 0 aliphatic carbocycles. The van der Waals surface area contributed by atoms with Crippen LogP contribution < -0.4 is 20.9 Å². The lowest BCUT2D eigenvalue weighted by Crippen LogP contribution is -2.24. The predicted octanol–water partition coefficient (Wildman–Crippen LogP) is 21.8. The van der Waals surface area contributed by atoms with Gasteiger partial charge in [0, 0.05) is 101 Å². The highest BCUT2D eigenvalue weighted by atomic mass is 35.5. The Morgan fingerprint density at radius 2 is 1.37 bits per heavy atom. The molecule has 23 nitrogen and oxygen atoms in total. The number of para-hydroxylation sites is 2. The maximum Gasteiger partial charge on any atom is 0.338 e. The molecule has 1 aliphatic heterocycles. The van der Waals surface area contributed by atoms with Gasteiger partial charge in [0.05, 0.1) is 90.3 Å². The zero-order valence-corrected chi connectivity index (χ0v) is 76.1. The van der Waals surface area contributed by atoms with Crippen LogP contribution in [-0.2, 0) is 48.8 Å². The molecule has 0 fully saturated rings. The molecule has 0 spiro atoms. The Labute approximate surface area is 761 Å². The van der Waals surface area contributed by atoms with Crippen LogP contribution in [0.2, 0.25) is 15.1 Å². The number of aromatic nitrogens is 12. The minimum Gasteiger partial charge on any atom is -0.493 e. The number of anilines is 2. The number of benzene rings is 9. The second-order valence-electron chi connectivity index (χ2n) is 29.9. The van der Waals surface area contributed by atoms with Gasteiger partial charge in [-0.2, -0.15) is 5.10 Å². The Kier molecular flexibility index (Phi) is 31.1. The first-order chi connectivity index (χ1) is 61.3. The van der Waals surface area contributed by atoms with Gasteiger partial charge in [-0.05, 0) is 229 Å². The van der Waals surface area contributed by atoms with Crippen LogP contribution in [0.25, 0.3) is 54.0 Å². The second-order valence-corrected chi connectivity index (χ2v) is 34.1. The Balaban J connectivity index is 0.000000130. The topological polar surface area (TPSA) is 284 Å². The number of aryl methyl sites for hydroxylation is 9. The van der Waals surface area contributed by atoms with Crippen molar-refractivity contribution in [2.24, 2.45) is 7.05 Å². The number of esters is 1. The van der Waals surface area contributed by atoms with E-state index < -0.39 is 0 Å². The van der Waals surface area contributed by atoms with Gasteiger partial charge in [-0.1, -0.05) is 154 Å². The summed E-state index contributed by atoms with van der Waals surface area (Å²) < 4.78 is 24.0. The fourth-order valence-electron chi connectivity index (χ4n) is 14.0. The summed E-state index contributed by atoms with van der Waals surface area (Å²) in [4.78, 5) is 89.8. The monoisotopic (exact) mass is 1810 g/mol. The predicted molar refractivity (Wildman–Crippen MR) is 508 cm³/mol. The summed E-state index contributed by atoms with van der Waals surface area (Å²) in [6, 6.07) is 71.6. The van der Waals surface area contributed by atoms with E-state index >= 15 is 0 Å². The lowest BCUT2D eigenvalue weighted by Gasteiger charge is -2.11. The third-order valence-corrected chi connectivity index (χ3v) is 24.3. The third-order valence-electron chi connectivity index (χ3n) is 20.3. The Morgan fingerprint density at radius 3 is 2.08 bits per heavy atom. The quantitative estimate of drug-likeness (QED) is 0.0323. The summed E-state index contributed by atoms with van der Waals surface area (Å²) in [6.07, 6.45) is 6.86. The highest BCUT2D eigenvalue weighted by molar-refractivity contribution is 7.99. The van der Waals surface area contributed by atoms with Crippen molar-refractivity contribution < 1.29 is 38.0 Å². The number of halogens is 3. The van der Waals surface area contributed by atoms with Gasteiger partial charge in [0.25, 0.3) is 11.5 Å². The van der Waals surface area contributed by atoms with E-state index in [9.17, 15) is 28.8 Å². The number of hydrogen-bond donors (Lipinski definition) is 3. The fraction of sp³-hybridized carbons (Fsp3) is 0.194. The Morgan fingerprint density at radius 1 is 0.654 bits per heavy atom. The number of carbonyl (C=O) groups is 5. The number of H-pyrrole nitrogens is 1. The lowest BCUT2D eigenvalue weighted by atomic mass is 10.1. The van der Waals surface area contributed by atoms with Gasteiger partial charge in [-0.25, -0.2) is 24.4 Å². The molecule has 0 unspecified atom stereocenters. The van der Waals surface area contributed by atoms with Gasteiger partial charge < -0.3 is 33.4 Å². The molecule has 18 rings (SSSR count). The number of rotatable bonds is 22. The molecule has 0 saturated heterocycles. The summed E-state index contributed by atoms with van der Waals surface area (Å²) in [5.41, 5.74) is 19.9. The van der Waals surface area contributed by atoms with Crippen molar-refractivity contribution in [3.63, 3.8) is 0 Å². The number of aromatic amines is 1. The maximum atomic E-state index is 12.4. The average molecular weight is 1810 g/mol. The number of ether oxygens (including phenoxy) is 2. The van der Waals surface area contributed by atoms with E-state index in [1.165, 1.54) is 68.2 Å². The number of nitrogens with one attached hydrogen (secondary N) is 3. The van der Waals surface area contributed by atoms with E-state index in [1.54, 1.807) is 85.2 Å². The van der Waals surface area contributed by atoms with Crippen molar-refractivity contribution >= 4 is 141 Å². The van der Waals surface area contributed by atoms with Crippen LogP contribution >= 0.6 is 69.2 Å². The van der Waals surface area contributed by atoms with Crippen LogP contribution in [0, 0.1) is 55.4 Å². The second kappa shape index (κ2) is 43.1. The zero-order chi connectivity index (χ0) is 89.8. The minimum atomic E-state index is -0.349. The van der Waals surface area contributed by atoms with Crippen LogP contribution in [0.15, 0.2) is 258 Å². The van der Waals surface area contributed by atoms with Gasteiger partial charge in [0.15, 0.2) is 21.9 Å². The smallest absolute Gasteiger partial charge is 0.338 e. The zero-order valence-electron chi connectivity index (χ0n) is 71.4. The van der Waals surface area contributed by atoms with E-state index in [1.807, 2.05) is 146 Å². The highest BCUT2D eigenvalue weighted by Gasteiger charge is 2.22. The molecule has 127 heavy (non-hydrogen) atoms. The molecule has 1 amide bonds. The highest BCUT2D eigenvalue weighted by Crippen LogP contribution is 2.35. The molecule has 9 aromatic carbocycles. The summed E-state index contributed by atoms with van der Waals surface area (Å²) in [7, 11) is 1.83. The van der Waals surface area contributed by atoms with Crippen LogP contribution in [0.4, 0.5) is 10.8 Å². The van der Waals surface area contributed by atoms with Crippen molar-refractivity contribution in [1.82, 2.24) is 58.8 Å². The van der Waals surface area contributed by atoms with Gasteiger partial charge in [0.2, 0.25) is 0 Å². The largest absolute Gasteiger partial charge is 0.493 e. The van der Waals surface area contributed by atoms with Crippen molar-refractivity contribution in [3.05, 3.63) is 358 Å². The van der Waals surface area contributed by atoms with Gasteiger partial charge in [-0.15, -0.1) is 21.5 Å². The number of thiazole rings is 2. The van der Waals surface area contributed by atoms with Crippen LogP contribution in [0.5, 0.6) is 5.75 Å². The standard InChI is InChI=1S/C19H15NO2S.C18H16ClNO.C17H19N3.C16H14ClN3O.C15H17N3O3S.C13H10ClN3O2S/c21-16(10-13-4-2-1-3-5-13)18-12-20-19(23-18)15-6-7-17-14(11-15)8-9-22-17;1-11-7-12(2)14-10-17(20-16(14)8-11)18(21)9-13-5-3-4-6-15(13)19;1-12-11-15(4)20(18-12)17-9-7-16(8-10-17)19-13(2)5-6-14(19)3;17-13-6-2-4-8-15(13)18-9-10-20-11-19-14-7-3-1-5-12(14)16(20)21;1-3-21-14(20)12-6-4-11(5-7-12)8-13(19)9-22-15-17-16-10-18(15)2;1-6-11(7(2)19-17-6)12(18)16-13-15-9-4-3-8(14)5-10(9)20-13/h1-7,11-12H,8-10H2;3-8,10,20H,9H2,1-2H3;5-11H,1-4H3;1-8,11,18H,9-10H2;4-7,10H,3,8-9H2,1-2H3;3-5H,1-2H3,(H,15,16,18). The average Bonchev–Trinajstić information content (AvgIpc) is 1.81. The number of amides is 1. The van der Waals surface area contributed by atoms with Gasteiger partial charge in [0.1, 0.15) is 34.2 Å². The van der Waals surface area contributed by atoms with E-state index in [2.05, 4.69) is 151 Å². The normalized spacial score (nSPS) is 11.2. The summed E-state index contributed by atoms with van der Waals surface area (Å²) in [5.74, 6) is 1.43. The molecular formula is C98H91Cl3N14O9S3. The Bertz CT molecular complexity index is 6790. The SMILES string of the molecule is CCOC(=O)c1ccc(CC(=O)CSc2nncn2C)cc1.Cc1cc(C)c2cc(C(=O)Cc3ccccc3Cl)[nH]c2c1.Cc1cc(C)n(-c2ccc(-n3c(C)ccc3C)cc2)n1.Cc1noc(C)c1C(=O)Nc1nc2ccc(Cl)cc2s1.O=C(Cc1ccccc1)c1cnc(-c2ccc3c(c2)CCO3)s1.O=c1c2ccccc2ncn1CCNc1ccccc1Cl. The van der Waals surface area contributed by atoms with E-state index in [0.29, 0.717) is 109 Å². The summed E-state index contributed by atoms with van der Waals surface area (Å²) >= 11 is 22.3. The number of ketones is 3. The molecule has 17 aromatic rings. The van der Waals surface area contributed by atoms with Crippen molar-refractivity contribution in [2.45, 2.75) is 99.7 Å². The summed E-state index contributed by atoms with van der Waals surface area (Å²) in [5, 5.41) is 27.7. The minimum absolute atomic E-state index is 0.0263. The number of nitrogens with zero attached hydrogens (tertiary/aromatic N) is 11. The van der Waals surface area contributed by atoms with Crippen LogP contribution in [0.1, 0.15) is 115 Å². The molecule has 3 N–H and O–H groups in total. The third kappa shape index (κ3) is 24.1. The molecule has 0 atom stereocenters. The molecular weight excluding hydrogens is 1720 g/mol. The first-order valence-corrected chi connectivity index (χ1v) is 44.5. The number of Topliss-reactive ketones (excluding diaryl/α,β-unsaturated/α-hetero) is 3. The molecule has 8 aromatic heterocycles. The van der Waals surface area contributed by atoms with E-state index in [4.69, 9.17) is 48.8 Å². The molecule has 9 heterocycles. The number of carbonyl (C=O) groups excluding carboxylic acids is 5. The van der Waals surface area contributed by atoms with Gasteiger partial charge in [-0.3, -0.25) is 33.9 Å². The molecule has 29 heteroatoms. The van der Waals surface area contributed by atoms with E-state index in [-0.39, 0.29) is 34.8 Å². The first kappa shape index (κ1) is 91.5. The summed E-state index contributed by atoms with van der Waals surface area (Å²) in [6.45, 7) is 19.9. The fourth-order valence-corrected chi connectivity index (χ4v) is 17.1. The van der Waals surface area contributed by atoms with Crippen LogP contribution in [0.3, 0.4) is 0 Å². The maximum absolute atomic E-state index is 12.4. The molecule has 0 bridgehead atoms. The first-order valence-electron chi connectivity index (χ1n) is 40.7. The van der Waals surface area contributed by atoms with Crippen molar-refractivity contribution in [3.8, 4) is 27.7 Å². The lowest BCUT2D eigenvalue weighted by molar-refractivity contribution is -0.116. The number of thioether (sulfide) groups is 1. The molecule has 646 valence electrons. The van der Waals surface area contributed by atoms with Crippen LogP contribution in [-0.4, -0.2) is 114 Å². The van der Waals surface area contributed by atoms with Crippen molar-refractivity contribution in [2.75, 3.05) is 36.1 Å². The van der Waals surface area contributed by atoms with Gasteiger partial charge >= 0.3 is 5.97 Å². The number of fused-ring (bicyclic) bond motifs is 4. The number of hydrogen-bond acceptors (Lipinski definition) is 20.